The van der Waals surface area contributed by atoms with Crippen LogP contribution in [-0.4, -0.2) is 12.7 Å². The van der Waals surface area contributed by atoms with Crippen LogP contribution in [0.5, 0.6) is 0 Å². The van der Waals surface area contributed by atoms with Crippen molar-refractivity contribution in [3.63, 3.8) is 0 Å². The van der Waals surface area contributed by atoms with E-state index in [0.717, 1.165) is 12.5 Å². The lowest BCUT2D eigenvalue weighted by atomic mass is 10.1. The molecule has 10 heavy (non-hydrogen) atoms. The van der Waals surface area contributed by atoms with Crippen molar-refractivity contribution in [2.24, 2.45) is 5.92 Å². The third kappa shape index (κ3) is 2.30. The van der Waals surface area contributed by atoms with Crippen molar-refractivity contribution in [2.75, 3.05) is 6.61 Å². The van der Waals surface area contributed by atoms with E-state index in [4.69, 9.17) is 4.74 Å². The van der Waals surface area contributed by atoms with Crippen molar-refractivity contribution in [3.8, 4) is 0 Å². The fourth-order valence-corrected chi connectivity index (χ4v) is 1.45. The highest BCUT2D eigenvalue weighted by Gasteiger charge is 2.23. The van der Waals surface area contributed by atoms with E-state index in [0.29, 0.717) is 6.10 Å². The monoisotopic (exact) mass is 140 g/mol. The van der Waals surface area contributed by atoms with E-state index >= 15 is 0 Å². The maximum atomic E-state index is 5.13. The van der Waals surface area contributed by atoms with Crippen LogP contribution in [0.25, 0.3) is 0 Å². The van der Waals surface area contributed by atoms with Gasteiger partial charge in [0.25, 0.3) is 0 Å². The van der Waals surface area contributed by atoms with Crippen LogP contribution in [0.15, 0.2) is 0 Å². The van der Waals surface area contributed by atoms with Gasteiger partial charge in [0.15, 0.2) is 0 Å². The molecule has 1 nitrogen and oxygen atoms in total. The van der Waals surface area contributed by atoms with Gasteiger partial charge < -0.3 is 4.74 Å². The fourth-order valence-electron chi connectivity index (χ4n) is 1.45. The van der Waals surface area contributed by atoms with Crippen molar-refractivity contribution < 1.29 is 4.74 Å². The van der Waals surface area contributed by atoms with Gasteiger partial charge >= 0.3 is 0 Å². The molecule has 0 spiro atoms. The van der Waals surface area contributed by atoms with Crippen LogP contribution in [0, 0.1) is 5.92 Å². The number of epoxide rings is 1. The van der Waals surface area contributed by atoms with Crippen LogP contribution in [0.4, 0.5) is 0 Å². The van der Waals surface area contributed by atoms with Crippen molar-refractivity contribution >= 4 is 0 Å². The van der Waals surface area contributed by atoms with Crippen LogP contribution in [-0.2, 0) is 4.74 Å². The molecule has 58 valence electrons. The summed E-state index contributed by atoms with van der Waals surface area (Å²) in [5.41, 5.74) is 0. The van der Waals surface area contributed by atoms with E-state index < -0.39 is 0 Å². The molecule has 0 N–H and O–H groups in total. The van der Waals surface area contributed by atoms with Gasteiger partial charge in [-0.3, -0.25) is 0 Å². The van der Waals surface area contributed by atoms with E-state index in [9.17, 15) is 0 Å². The Balaban J connectivity index is 1.40. The highest BCUT2D eigenvalue weighted by molar-refractivity contribution is 4.74. The predicted molar refractivity (Wildman–Crippen MR) is 40.9 cm³/mol. The average molecular weight is 140 g/mol. The number of unbranched alkanes of at least 4 members (excludes halogenated alkanes) is 1. The summed E-state index contributed by atoms with van der Waals surface area (Å²) in [4.78, 5) is 0. The molecule has 0 radical (unpaired) electrons. The smallest absolute Gasteiger partial charge is 0.0810 e. The molecule has 0 aromatic heterocycles. The zero-order chi connectivity index (χ0) is 6.81. The third-order valence-electron chi connectivity index (χ3n) is 2.49. The standard InChI is InChI=1S/C9H16O/c1(3-8-5-6-8)2-4-9-7-10-9/h8-9H,1-7H2. The summed E-state index contributed by atoms with van der Waals surface area (Å²) < 4.78 is 5.13. The summed E-state index contributed by atoms with van der Waals surface area (Å²) in [5, 5.41) is 0. The average Bonchev–Trinajstić information content (AvgIpc) is 2.77. The minimum absolute atomic E-state index is 0.666. The molecule has 1 heteroatoms. The van der Waals surface area contributed by atoms with Gasteiger partial charge in [-0.05, 0) is 12.3 Å². The first kappa shape index (κ1) is 6.66. The Hall–Kier alpha value is -0.0400. The molecule has 2 rings (SSSR count). The van der Waals surface area contributed by atoms with Gasteiger partial charge in [-0.2, -0.15) is 0 Å². The Bertz CT molecular complexity index is 89.3. The van der Waals surface area contributed by atoms with Crippen LogP contribution < -0.4 is 0 Å². The Morgan fingerprint density at radius 2 is 1.80 bits per heavy atom. The zero-order valence-electron chi connectivity index (χ0n) is 6.51. The molecule has 1 saturated heterocycles. The molecule has 2 aliphatic rings. The van der Waals surface area contributed by atoms with E-state index in [2.05, 4.69) is 0 Å². The number of hydrogen-bond donors (Lipinski definition) is 0. The molecular weight excluding hydrogens is 124 g/mol. The van der Waals surface area contributed by atoms with Gasteiger partial charge in [-0.15, -0.1) is 0 Å². The first-order chi connectivity index (χ1) is 4.95. The SMILES string of the molecule is C(CCC1CO1)CC1CC1. The second kappa shape index (κ2) is 2.91. The summed E-state index contributed by atoms with van der Waals surface area (Å²) in [7, 11) is 0. The van der Waals surface area contributed by atoms with Gasteiger partial charge in [-0.1, -0.05) is 32.1 Å². The third-order valence-corrected chi connectivity index (χ3v) is 2.49. The molecule has 1 heterocycles. The van der Waals surface area contributed by atoms with Crippen LogP contribution >= 0.6 is 0 Å². The Morgan fingerprint density at radius 1 is 1.10 bits per heavy atom. The largest absolute Gasteiger partial charge is 0.373 e. The molecule has 1 aliphatic carbocycles. The minimum atomic E-state index is 0.666. The van der Waals surface area contributed by atoms with Crippen molar-refractivity contribution in [3.05, 3.63) is 0 Å². The first-order valence-electron chi connectivity index (χ1n) is 4.57. The van der Waals surface area contributed by atoms with Crippen LogP contribution in [0.1, 0.15) is 38.5 Å². The summed E-state index contributed by atoms with van der Waals surface area (Å²) in [6.45, 7) is 1.05. The highest BCUT2D eigenvalue weighted by atomic mass is 16.6. The topological polar surface area (TPSA) is 12.5 Å². The molecule has 0 aromatic rings. The molecule has 0 aromatic carbocycles. The second-order valence-corrected chi connectivity index (χ2v) is 3.68. The van der Waals surface area contributed by atoms with Gasteiger partial charge in [0.1, 0.15) is 0 Å². The lowest BCUT2D eigenvalue weighted by Crippen LogP contribution is -1.85. The maximum Gasteiger partial charge on any atom is 0.0810 e. The van der Waals surface area contributed by atoms with Crippen molar-refractivity contribution in [2.45, 2.75) is 44.6 Å². The molecule has 1 saturated carbocycles. The molecule has 0 amide bonds. The van der Waals surface area contributed by atoms with Crippen LogP contribution in [0.2, 0.25) is 0 Å². The molecule has 1 aliphatic heterocycles. The molecule has 2 fully saturated rings. The number of rotatable bonds is 5. The zero-order valence-corrected chi connectivity index (χ0v) is 6.51. The summed E-state index contributed by atoms with van der Waals surface area (Å²) in [6, 6.07) is 0. The van der Waals surface area contributed by atoms with Gasteiger partial charge in [-0.25, -0.2) is 0 Å². The number of hydrogen-bond acceptors (Lipinski definition) is 1. The Kier molecular flexibility index (Phi) is 1.94. The van der Waals surface area contributed by atoms with Crippen LogP contribution in [0.3, 0.4) is 0 Å². The van der Waals surface area contributed by atoms with E-state index in [-0.39, 0.29) is 0 Å². The maximum absolute atomic E-state index is 5.13. The minimum Gasteiger partial charge on any atom is -0.373 e. The van der Waals surface area contributed by atoms with Crippen molar-refractivity contribution in [1.29, 1.82) is 0 Å². The van der Waals surface area contributed by atoms with Gasteiger partial charge in [0, 0.05) is 0 Å². The van der Waals surface area contributed by atoms with E-state index in [1.54, 1.807) is 0 Å². The lowest BCUT2D eigenvalue weighted by Gasteiger charge is -1.95. The molecule has 0 bridgehead atoms. The Morgan fingerprint density at radius 3 is 2.40 bits per heavy atom. The number of ether oxygens (including phenoxy) is 1. The van der Waals surface area contributed by atoms with Crippen molar-refractivity contribution in [1.82, 2.24) is 0 Å². The lowest BCUT2D eigenvalue weighted by molar-refractivity contribution is 0.387. The molecule has 1 unspecified atom stereocenters. The van der Waals surface area contributed by atoms with E-state index in [1.807, 2.05) is 0 Å². The van der Waals surface area contributed by atoms with Gasteiger partial charge in [0.2, 0.25) is 0 Å². The predicted octanol–water partition coefficient (Wildman–Crippen LogP) is 2.36. The first-order valence-corrected chi connectivity index (χ1v) is 4.57. The summed E-state index contributed by atoms with van der Waals surface area (Å²) >= 11 is 0. The molecule has 1 atom stereocenters. The fraction of sp³-hybridized carbons (Fsp3) is 1.00. The summed E-state index contributed by atoms with van der Waals surface area (Å²) in [6.07, 6.45) is 9.37. The second-order valence-electron chi connectivity index (χ2n) is 3.68. The highest BCUT2D eigenvalue weighted by Crippen LogP contribution is 2.34. The van der Waals surface area contributed by atoms with Gasteiger partial charge in [0.05, 0.1) is 12.7 Å². The van der Waals surface area contributed by atoms with E-state index in [1.165, 1.54) is 38.5 Å². The molecular formula is C9H16O. The summed E-state index contributed by atoms with van der Waals surface area (Å²) in [5.74, 6) is 1.13. The normalized spacial score (nSPS) is 30.6. The quantitative estimate of drug-likeness (QED) is 0.422. The Labute approximate surface area is 62.8 Å².